The summed E-state index contributed by atoms with van der Waals surface area (Å²) in [6, 6.07) is 6.41. The van der Waals surface area contributed by atoms with Gasteiger partial charge in [-0.3, -0.25) is 0 Å². The maximum Gasteiger partial charge on any atom is 0.122 e. The van der Waals surface area contributed by atoms with Crippen molar-refractivity contribution in [2.24, 2.45) is 5.92 Å². The fourth-order valence-electron chi connectivity index (χ4n) is 1.67. The maximum absolute atomic E-state index is 5.59. The lowest BCUT2D eigenvalue weighted by molar-refractivity contribution is 0.234. The number of hydrogen-bond acceptors (Lipinski definition) is 1. The summed E-state index contributed by atoms with van der Waals surface area (Å²) in [4.78, 5) is 0. The van der Waals surface area contributed by atoms with Crippen LogP contribution < -0.4 is 4.74 Å². The number of aryl methyl sites for hydroxylation is 1. The van der Waals surface area contributed by atoms with Gasteiger partial charge in [-0.05, 0) is 30.9 Å². The molecule has 1 aromatic carbocycles. The summed E-state index contributed by atoms with van der Waals surface area (Å²) >= 11 is 0. The van der Waals surface area contributed by atoms with Crippen molar-refractivity contribution in [1.82, 2.24) is 0 Å². The molecule has 0 saturated carbocycles. The summed E-state index contributed by atoms with van der Waals surface area (Å²) < 4.78 is 5.59. The van der Waals surface area contributed by atoms with Crippen molar-refractivity contribution >= 4 is 0 Å². The van der Waals surface area contributed by atoms with Crippen LogP contribution >= 0.6 is 0 Å². The molecule has 1 aliphatic rings. The summed E-state index contributed by atoms with van der Waals surface area (Å²) in [5, 5.41) is 0. The van der Waals surface area contributed by atoms with Gasteiger partial charge in [0.05, 0.1) is 6.61 Å². The third kappa shape index (κ3) is 3.58. The summed E-state index contributed by atoms with van der Waals surface area (Å²) in [5.74, 6) is 1.75. The zero-order valence-corrected chi connectivity index (χ0v) is 9.63. The molecule has 0 spiro atoms. The molecule has 0 radical (unpaired) electrons. The van der Waals surface area contributed by atoms with E-state index in [-0.39, 0.29) is 7.43 Å². The Morgan fingerprint density at radius 1 is 1.27 bits per heavy atom. The molecule has 0 bridgehead atoms. The fourth-order valence-corrected chi connectivity index (χ4v) is 1.67. The topological polar surface area (TPSA) is 9.23 Å². The maximum atomic E-state index is 5.59. The highest BCUT2D eigenvalue weighted by Crippen LogP contribution is 2.27. The first-order valence-electron chi connectivity index (χ1n) is 5.48. The number of hydrogen-bond donors (Lipinski definition) is 0. The van der Waals surface area contributed by atoms with Gasteiger partial charge in [0.2, 0.25) is 0 Å². The van der Waals surface area contributed by atoms with Crippen molar-refractivity contribution in [3.63, 3.8) is 0 Å². The lowest BCUT2D eigenvalue weighted by atomic mass is 9.97. The van der Waals surface area contributed by atoms with Gasteiger partial charge in [0, 0.05) is 0 Å². The lowest BCUT2D eigenvalue weighted by Crippen LogP contribution is -2.17. The molecule has 1 heterocycles. The van der Waals surface area contributed by atoms with Crippen LogP contribution in [0.5, 0.6) is 5.75 Å². The lowest BCUT2D eigenvalue weighted by Gasteiger charge is -2.22. The SMILES string of the molecule is C.CC.Cc1ccc2c(c1)CC(C)CO2. The van der Waals surface area contributed by atoms with Crippen molar-refractivity contribution < 1.29 is 4.74 Å². The van der Waals surface area contributed by atoms with Gasteiger partial charge >= 0.3 is 0 Å². The van der Waals surface area contributed by atoms with Gasteiger partial charge in [0.15, 0.2) is 0 Å². The van der Waals surface area contributed by atoms with E-state index >= 15 is 0 Å². The quantitative estimate of drug-likeness (QED) is 0.620. The van der Waals surface area contributed by atoms with Gasteiger partial charge in [0.25, 0.3) is 0 Å². The van der Waals surface area contributed by atoms with Crippen LogP contribution in [0.3, 0.4) is 0 Å². The molecular weight excluding hydrogens is 184 g/mol. The van der Waals surface area contributed by atoms with Crippen LogP contribution in [-0.4, -0.2) is 6.61 Å². The third-order valence-electron chi connectivity index (χ3n) is 2.31. The van der Waals surface area contributed by atoms with Crippen LogP contribution in [0.1, 0.15) is 39.3 Å². The molecule has 1 unspecified atom stereocenters. The Morgan fingerprint density at radius 2 is 1.93 bits per heavy atom. The molecular formula is C14H24O. The zero-order chi connectivity index (χ0) is 10.6. The van der Waals surface area contributed by atoms with Crippen LogP contribution in [-0.2, 0) is 6.42 Å². The Bertz CT molecular complexity index is 291. The van der Waals surface area contributed by atoms with Crippen LogP contribution in [0, 0.1) is 12.8 Å². The molecule has 1 aliphatic heterocycles. The molecule has 15 heavy (non-hydrogen) atoms. The van der Waals surface area contributed by atoms with Gasteiger partial charge in [-0.15, -0.1) is 0 Å². The second-order valence-corrected chi connectivity index (χ2v) is 3.73. The first kappa shape index (κ1) is 14.0. The highest BCUT2D eigenvalue weighted by molar-refractivity contribution is 5.38. The van der Waals surface area contributed by atoms with Gasteiger partial charge in [-0.1, -0.05) is 45.9 Å². The second-order valence-electron chi connectivity index (χ2n) is 3.73. The van der Waals surface area contributed by atoms with E-state index in [4.69, 9.17) is 4.74 Å². The van der Waals surface area contributed by atoms with E-state index in [1.54, 1.807) is 0 Å². The fraction of sp³-hybridized carbons (Fsp3) is 0.571. The van der Waals surface area contributed by atoms with Crippen molar-refractivity contribution in [2.75, 3.05) is 6.61 Å². The number of ether oxygens (including phenoxy) is 1. The Morgan fingerprint density at radius 3 is 2.60 bits per heavy atom. The minimum Gasteiger partial charge on any atom is -0.493 e. The molecule has 0 saturated heterocycles. The zero-order valence-electron chi connectivity index (χ0n) is 9.63. The first-order chi connectivity index (χ1) is 6.75. The summed E-state index contributed by atoms with van der Waals surface area (Å²) in [6.45, 7) is 9.22. The molecule has 0 aromatic heterocycles. The smallest absolute Gasteiger partial charge is 0.122 e. The number of benzene rings is 1. The molecule has 1 aromatic rings. The molecule has 0 fully saturated rings. The van der Waals surface area contributed by atoms with Crippen molar-refractivity contribution in [1.29, 1.82) is 0 Å². The third-order valence-corrected chi connectivity index (χ3v) is 2.31. The Balaban J connectivity index is 0.000000617. The van der Waals surface area contributed by atoms with Crippen molar-refractivity contribution in [2.45, 2.75) is 41.5 Å². The van der Waals surface area contributed by atoms with Crippen molar-refractivity contribution in [3.05, 3.63) is 29.3 Å². The summed E-state index contributed by atoms with van der Waals surface area (Å²) in [6.07, 6.45) is 1.16. The molecule has 0 N–H and O–H groups in total. The van der Waals surface area contributed by atoms with Crippen LogP contribution in [0.15, 0.2) is 18.2 Å². The number of fused-ring (bicyclic) bond motifs is 1. The largest absolute Gasteiger partial charge is 0.493 e. The first-order valence-corrected chi connectivity index (χ1v) is 5.48. The van der Waals surface area contributed by atoms with E-state index in [0.29, 0.717) is 5.92 Å². The molecule has 86 valence electrons. The Labute approximate surface area is 94.5 Å². The number of rotatable bonds is 0. The highest BCUT2D eigenvalue weighted by Gasteiger charge is 2.15. The average Bonchev–Trinajstić information content (AvgIpc) is 2.20. The van der Waals surface area contributed by atoms with E-state index in [1.807, 2.05) is 13.8 Å². The highest BCUT2D eigenvalue weighted by atomic mass is 16.5. The average molecular weight is 208 g/mol. The molecule has 0 amide bonds. The molecule has 0 aliphatic carbocycles. The molecule has 1 heteroatoms. The van der Waals surface area contributed by atoms with E-state index in [2.05, 4.69) is 32.0 Å². The van der Waals surface area contributed by atoms with E-state index < -0.39 is 0 Å². The van der Waals surface area contributed by atoms with Gasteiger partial charge < -0.3 is 4.74 Å². The monoisotopic (exact) mass is 208 g/mol. The molecule has 2 rings (SSSR count). The minimum atomic E-state index is 0. The summed E-state index contributed by atoms with van der Waals surface area (Å²) in [5.41, 5.74) is 2.69. The van der Waals surface area contributed by atoms with Crippen LogP contribution in [0.4, 0.5) is 0 Å². The van der Waals surface area contributed by atoms with Gasteiger partial charge in [0.1, 0.15) is 5.75 Å². The van der Waals surface area contributed by atoms with Crippen LogP contribution in [0.25, 0.3) is 0 Å². The van der Waals surface area contributed by atoms with Gasteiger partial charge in [-0.2, -0.15) is 0 Å². The molecule has 1 nitrogen and oxygen atoms in total. The predicted octanol–water partition coefficient (Wildman–Crippen LogP) is 4.23. The van der Waals surface area contributed by atoms with E-state index in [9.17, 15) is 0 Å². The van der Waals surface area contributed by atoms with Gasteiger partial charge in [-0.25, -0.2) is 0 Å². The van der Waals surface area contributed by atoms with Crippen molar-refractivity contribution in [3.8, 4) is 5.75 Å². The Hall–Kier alpha value is -0.980. The standard InChI is InChI=1S/C11H14O.C2H6.CH4/c1-8-3-4-11-10(5-8)6-9(2)7-12-11;1-2;/h3-5,9H,6-7H2,1-2H3;1-2H3;1H4. The van der Waals surface area contributed by atoms with Crippen LogP contribution in [0.2, 0.25) is 0 Å². The van der Waals surface area contributed by atoms with E-state index in [1.165, 1.54) is 11.1 Å². The normalized spacial score (nSPS) is 17.5. The second kappa shape index (κ2) is 6.49. The predicted molar refractivity (Wildman–Crippen MR) is 67.6 cm³/mol. The molecule has 1 atom stereocenters. The van der Waals surface area contributed by atoms with E-state index in [0.717, 1.165) is 18.8 Å². The Kier molecular flexibility index (Phi) is 6.07. The summed E-state index contributed by atoms with van der Waals surface area (Å²) in [7, 11) is 0. The minimum absolute atomic E-state index is 0.